The van der Waals surface area contributed by atoms with E-state index in [9.17, 15) is 10.1 Å². The molecule has 2 N–H and O–H groups in total. The van der Waals surface area contributed by atoms with Crippen molar-refractivity contribution >= 4 is 34.4 Å². The number of fused-ring (bicyclic) bond motifs is 1. The van der Waals surface area contributed by atoms with E-state index in [0.29, 0.717) is 23.9 Å². The highest BCUT2D eigenvalue weighted by Gasteiger charge is 2.28. The summed E-state index contributed by atoms with van der Waals surface area (Å²) in [6.07, 6.45) is 6.80. The van der Waals surface area contributed by atoms with Crippen LogP contribution >= 0.6 is 11.8 Å². The molecule has 38 heavy (non-hydrogen) atoms. The van der Waals surface area contributed by atoms with E-state index in [2.05, 4.69) is 31.2 Å². The lowest BCUT2D eigenvalue weighted by Gasteiger charge is -2.30. The van der Waals surface area contributed by atoms with Crippen molar-refractivity contribution in [2.24, 2.45) is 0 Å². The molecule has 2 aromatic carbocycles. The molecule has 5 rings (SSSR count). The molecule has 0 spiro atoms. The van der Waals surface area contributed by atoms with E-state index in [4.69, 9.17) is 4.74 Å². The van der Waals surface area contributed by atoms with Gasteiger partial charge in [-0.2, -0.15) is 5.26 Å². The molecular weight excluding hydrogens is 496 g/mol. The largest absolute Gasteiger partial charge is 0.493 e. The lowest BCUT2D eigenvalue weighted by Crippen LogP contribution is -2.34. The molecule has 2 amide bonds. The number of anilines is 1. The van der Waals surface area contributed by atoms with Crippen LogP contribution in [0.4, 0.5) is 10.5 Å². The van der Waals surface area contributed by atoms with Crippen molar-refractivity contribution in [3.05, 3.63) is 66.5 Å². The maximum absolute atomic E-state index is 12.1. The van der Waals surface area contributed by atoms with Crippen LogP contribution in [0.15, 0.2) is 66.1 Å². The minimum Gasteiger partial charge on any atom is -0.493 e. The van der Waals surface area contributed by atoms with Gasteiger partial charge in [0.15, 0.2) is 5.16 Å². The molecule has 194 valence electrons. The lowest BCUT2D eigenvalue weighted by molar-refractivity contribution is 0.250. The Hall–Kier alpha value is -4.03. The molecule has 0 saturated heterocycles. The summed E-state index contributed by atoms with van der Waals surface area (Å²) in [7, 11) is 0. The van der Waals surface area contributed by atoms with Crippen molar-refractivity contribution in [1.29, 1.82) is 5.26 Å². The molecule has 0 radical (unpaired) electrons. The molecule has 0 unspecified atom stereocenters. The number of carbonyl (C=O) groups excluding carboxylic acids is 1. The molecule has 9 heteroatoms. The summed E-state index contributed by atoms with van der Waals surface area (Å²) in [6.45, 7) is 4.36. The monoisotopic (exact) mass is 526 g/mol. The first-order valence-electron chi connectivity index (χ1n) is 12.8. The van der Waals surface area contributed by atoms with Gasteiger partial charge in [0.2, 0.25) is 0 Å². The summed E-state index contributed by atoms with van der Waals surface area (Å²) in [5.41, 5.74) is 4.23. The van der Waals surface area contributed by atoms with Crippen LogP contribution in [-0.2, 0) is 0 Å². The molecule has 2 heterocycles. The maximum atomic E-state index is 12.1. The number of nitrogens with zero attached hydrogens (tertiary/aromatic N) is 4. The number of nitrogens with one attached hydrogen (secondary N) is 2. The van der Waals surface area contributed by atoms with Gasteiger partial charge in [-0.1, -0.05) is 23.9 Å². The Labute approximate surface area is 226 Å². The molecule has 0 bridgehead atoms. The van der Waals surface area contributed by atoms with Crippen LogP contribution < -0.4 is 15.4 Å². The fraction of sp³-hybridized carbons (Fsp3) is 0.310. The van der Waals surface area contributed by atoms with E-state index in [0.717, 1.165) is 51.7 Å². The number of hydrogen-bond donors (Lipinski definition) is 2. The van der Waals surface area contributed by atoms with E-state index in [1.54, 1.807) is 30.2 Å². The van der Waals surface area contributed by atoms with E-state index in [-0.39, 0.29) is 12.1 Å². The fourth-order valence-corrected chi connectivity index (χ4v) is 5.21. The predicted molar refractivity (Wildman–Crippen MR) is 151 cm³/mol. The first-order valence-corrected chi connectivity index (χ1v) is 13.8. The zero-order chi connectivity index (χ0) is 26.5. The summed E-state index contributed by atoms with van der Waals surface area (Å²) in [5.74, 6) is 1.51. The second-order valence-electron chi connectivity index (χ2n) is 9.53. The minimum atomic E-state index is -0.240. The first-order chi connectivity index (χ1) is 18.5. The number of amides is 2. The van der Waals surface area contributed by atoms with Gasteiger partial charge in [-0.25, -0.2) is 14.8 Å². The van der Waals surface area contributed by atoms with Crippen LogP contribution in [0.2, 0.25) is 0 Å². The number of aromatic nitrogens is 3. The van der Waals surface area contributed by atoms with Gasteiger partial charge in [0.25, 0.3) is 0 Å². The zero-order valence-electron chi connectivity index (χ0n) is 21.5. The highest BCUT2D eigenvalue weighted by atomic mass is 32.2. The third-order valence-electron chi connectivity index (χ3n) is 6.49. The van der Waals surface area contributed by atoms with Crippen molar-refractivity contribution in [3.63, 3.8) is 0 Å². The van der Waals surface area contributed by atoms with Crippen molar-refractivity contribution in [2.75, 3.05) is 17.7 Å². The molecule has 2 aromatic heterocycles. The predicted octanol–water partition coefficient (Wildman–Crippen LogP) is 6.40. The normalized spacial score (nSPS) is 13.2. The van der Waals surface area contributed by atoms with Crippen molar-refractivity contribution < 1.29 is 9.53 Å². The molecule has 0 atom stereocenters. The van der Waals surface area contributed by atoms with Gasteiger partial charge in [-0.05, 0) is 69.0 Å². The summed E-state index contributed by atoms with van der Waals surface area (Å²) < 4.78 is 8.38. The van der Waals surface area contributed by atoms with Crippen molar-refractivity contribution in [2.45, 2.75) is 50.4 Å². The third kappa shape index (κ3) is 5.60. The van der Waals surface area contributed by atoms with Gasteiger partial charge in [0, 0.05) is 47.4 Å². The van der Waals surface area contributed by atoms with Crippen LogP contribution in [-0.4, -0.2) is 39.0 Å². The average molecular weight is 527 g/mol. The number of benzene rings is 2. The minimum absolute atomic E-state index is 0.0520. The van der Waals surface area contributed by atoms with E-state index < -0.39 is 0 Å². The topological polar surface area (TPSA) is 105 Å². The Morgan fingerprint density at radius 1 is 1.18 bits per heavy atom. The molecule has 0 aliphatic heterocycles. The summed E-state index contributed by atoms with van der Waals surface area (Å²) in [4.78, 5) is 20.6. The summed E-state index contributed by atoms with van der Waals surface area (Å²) in [5, 5.41) is 17.5. The maximum Gasteiger partial charge on any atom is 0.319 e. The number of carbonyl (C=O) groups is 1. The fourth-order valence-electron chi connectivity index (χ4n) is 4.59. The molecule has 8 nitrogen and oxygen atoms in total. The number of thioether (sulfide) groups is 1. The SMILES string of the molecule is CC(C)NC(=O)Nc1ccc(-c2c(C#N)c3ccc(OCCSc4ncccn4)cc3n2C2CCC2)cc1. The Bertz CT molecular complexity index is 1460. The summed E-state index contributed by atoms with van der Waals surface area (Å²) in [6, 6.07) is 18.1. The number of ether oxygens (including phenoxy) is 1. The summed E-state index contributed by atoms with van der Waals surface area (Å²) >= 11 is 1.55. The Morgan fingerprint density at radius 3 is 2.61 bits per heavy atom. The van der Waals surface area contributed by atoms with Crippen molar-refractivity contribution in [1.82, 2.24) is 19.9 Å². The smallest absolute Gasteiger partial charge is 0.319 e. The van der Waals surface area contributed by atoms with E-state index in [1.807, 2.05) is 56.3 Å². The van der Waals surface area contributed by atoms with Crippen LogP contribution in [0.5, 0.6) is 5.75 Å². The highest BCUT2D eigenvalue weighted by Crippen LogP contribution is 2.43. The van der Waals surface area contributed by atoms with Gasteiger partial charge in [0.1, 0.15) is 11.8 Å². The van der Waals surface area contributed by atoms with Gasteiger partial charge in [-0.15, -0.1) is 0 Å². The second kappa shape index (κ2) is 11.6. The number of urea groups is 1. The first kappa shape index (κ1) is 25.6. The highest BCUT2D eigenvalue weighted by molar-refractivity contribution is 7.99. The molecule has 1 aliphatic carbocycles. The van der Waals surface area contributed by atoms with Gasteiger partial charge < -0.3 is 19.9 Å². The second-order valence-corrected chi connectivity index (χ2v) is 10.6. The number of hydrogen-bond acceptors (Lipinski definition) is 6. The molecular formula is C29H30N6O2S. The quantitative estimate of drug-likeness (QED) is 0.149. The third-order valence-corrected chi connectivity index (χ3v) is 7.33. The van der Waals surface area contributed by atoms with E-state index in [1.165, 1.54) is 6.42 Å². The van der Waals surface area contributed by atoms with Crippen LogP contribution in [0.3, 0.4) is 0 Å². The molecule has 1 fully saturated rings. The van der Waals surface area contributed by atoms with Gasteiger partial charge in [0.05, 0.1) is 23.4 Å². The van der Waals surface area contributed by atoms with Gasteiger partial charge in [-0.3, -0.25) is 0 Å². The molecule has 1 saturated carbocycles. The molecule has 1 aliphatic rings. The number of nitriles is 1. The van der Waals surface area contributed by atoms with Crippen LogP contribution in [0.25, 0.3) is 22.2 Å². The number of rotatable bonds is 9. The zero-order valence-corrected chi connectivity index (χ0v) is 22.3. The average Bonchev–Trinajstić information content (AvgIpc) is 3.19. The Balaban J connectivity index is 1.41. The Kier molecular flexibility index (Phi) is 7.80. The standard InChI is InChI=1S/C29H30N6O2S/c1-19(2)33-28(36)34-21-9-7-20(8-10-21)27-25(18-30)24-12-11-23(17-26(24)35(27)22-5-3-6-22)37-15-16-38-29-31-13-4-14-32-29/h4,7-14,17,19,22H,3,5-6,15-16H2,1-2H3,(H2,33,34,36). The Morgan fingerprint density at radius 2 is 1.95 bits per heavy atom. The van der Waals surface area contributed by atoms with Crippen LogP contribution in [0, 0.1) is 11.3 Å². The van der Waals surface area contributed by atoms with Crippen molar-refractivity contribution in [3.8, 4) is 23.1 Å². The lowest BCUT2D eigenvalue weighted by atomic mass is 9.92. The van der Waals surface area contributed by atoms with Gasteiger partial charge >= 0.3 is 6.03 Å². The van der Waals surface area contributed by atoms with E-state index >= 15 is 0 Å². The van der Waals surface area contributed by atoms with Crippen LogP contribution in [0.1, 0.15) is 44.7 Å². The molecule has 4 aromatic rings.